The van der Waals surface area contributed by atoms with Gasteiger partial charge in [-0.3, -0.25) is 4.79 Å². The lowest BCUT2D eigenvalue weighted by atomic mass is 10.3. The second kappa shape index (κ2) is 5.50. The van der Waals surface area contributed by atoms with Gasteiger partial charge >= 0.3 is 0 Å². The molecule has 0 spiro atoms. The minimum atomic E-state index is -0.175. The summed E-state index contributed by atoms with van der Waals surface area (Å²) >= 11 is 0. The van der Waals surface area contributed by atoms with Crippen molar-refractivity contribution in [3.05, 3.63) is 30.2 Å². The van der Waals surface area contributed by atoms with Crippen LogP contribution < -0.4 is 15.8 Å². The molecule has 0 saturated carbocycles. The molecule has 18 heavy (non-hydrogen) atoms. The highest BCUT2D eigenvalue weighted by Gasteiger charge is 2.08. The van der Waals surface area contributed by atoms with Crippen LogP contribution in [0.25, 0.3) is 5.65 Å². The van der Waals surface area contributed by atoms with Crippen molar-refractivity contribution >= 4 is 11.6 Å². The highest BCUT2D eigenvalue weighted by molar-refractivity contribution is 5.77. The summed E-state index contributed by atoms with van der Waals surface area (Å²) in [6.45, 7) is 0.535. The Hall–Kier alpha value is -2.08. The number of rotatable bonds is 5. The number of hydrogen-bond donors (Lipinski definition) is 2. The average molecular weight is 248 g/mol. The standard InChI is InChI=1S/C12H16N4O2/c1-14-11(17)8-18-10-3-2-6-16-7-9(4-5-13)15-12(10)16/h2-3,6-7H,4-5,8,13H2,1H3,(H,14,17). The first kappa shape index (κ1) is 12.4. The minimum Gasteiger partial charge on any atom is -0.480 e. The van der Waals surface area contributed by atoms with Crippen molar-refractivity contribution < 1.29 is 9.53 Å². The third-order valence-corrected chi connectivity index (χ3v) is 2.53. The molecule has 0 atom stereocenters. The van der Waals surface area contributed by atoms with Crippen molar-refractivity contribution in [3.8, 4) is 5.75 Å². The van der Waals surface area contributed by atoms with Crippen LogP contribution in [0.1, 0.15) is 5.69 Å². The molecular weight excluding hydrogens is 232 g/mol. The topological polar surface area (TPSA) is 81.6 Å². The van der Waals surface area contributed by atoms with E-state index in [1.807, 2.05) is 22.9 Å². The Morgan fingerprint density at radius 3 is 3.17 bits per heavy atom. The molecule has 6 heteroatoms. The van der Waals surface area contributed by atoms with Gasteiger partial charge in [0.2, 0.25) is 0 Å². The predicted molar refractivity (Wildman–Crippen MR) is 67.5 cm³/mol. The predicted octanol–water partition coefficient (Wildman–Crippen LogP) is -0.0397. The molecule has 2 heterocycles. The van der Waals surface area contributed by atoms with Gasteiger partial charge in [-0.15, -0.1) is 0 Å². The molecule has 0 radical (unpaired) electrons. The number of pyridine rings is 1. The van der Waals surface area contributed by atoms with Crippen LogP contribution in [0, 0.1) is 0 Å². The molecule has 96 valence electrons. The number of imidazole rings is 1. The van der Waals surface area contributed by atoms with Gasteiger partial charge in [0.25, 0.3) is 5.91 Å². The summed E-state index contributed by atoms with van der Waals surface area (Å²) in [5.74, 6) is 0.412. The average Bonchev–Trinajstić information content (AvgIpc) is 2.79. The summed E-state index contributed by atoms with van der Waals surface area (Å²) in [6.07, 6.45) is 4.51. The lowest BCUT2D eigenvalue weighted by molar-refractivity contribution is -0.122. The number of amides is 1. The number of ether oxygens (including phenoxy) is 1. The summed E-state index contributed by atoms with van der Waals surface area (Å²) in [5, 5.41) is 2.50. The third kappa shape index (κ3) is 2.60. The van der Waals surface area contributed by atoms with E-state index in [4.69, 9.17) is 10.5 Å². The molecule has 0 fully saturated rings. The lowest BCUT2D eigenvalue weighted by Crippen LogP contribution is -2.24. The number of aromatic nitrogens is 2. The fourth-order valence-electron chi connectivity index (χ4n) is 1.63. The highest BCUT2D eigenvalue weighted by atomic mass is 16.5. The first-order valence-corrected chi connectivity index (χ1v) is 5.74. The van der Waals surface area contributed by atoms with Crippen LogP contribution in [0.4, 0.5) is 0 Å². The molecule has 1 amide bonds. The molecule has 0 aliphatic heterocycles. The number of nitrogens with two attached hydrogens (primary N) is 1. The van der Waals surface area contributed by atoms with Crippen molar-refractivity contribution in [2.75, 3.05) is 20.2 Å². The fourth-order valence-corrected chi connectivity index (χ4v) is 1.63. The van der Waals surface area contributed by atoms with E-state index in [1.165, 1.54) is 0 Å². The van der Waals surface area contributed by atoms with Gasteiger partial charge < -0.3 is 20.2 Å². The summed E-state index contributed by atoms with van der Waals surface area (Å²) in [7, 11) is 1.57. The minimum absolute atomic E-state index is 0.0186. The molecule has 0 bridgehead atoms. The third-order valence-electron chi connectivity index (χ3n) is 2.53. The maximum absolute atomic E-state index is 11.1. The van der Waals surface area contributed by atoms with Gasteiger partial charge in [0.05, 0.1) is 5.69 Å². The molecule has 0 aromatic carbocycles. The van der Waals surface area contributed by atoms with Crippen LogP contribution in [0.15, 0.2) is 24.5 Å². The fraction of sp³-hybridized carbons (Fsp3) is 0.333. The molecule has 0 aliphatic carbocycles. The van der Waals surface area contributed by atoms with Crippen LogP contribution >= 0.6 is 0 Å². The molecule has 3 N–H and O–H groups in total. The Labute approximate surface area is 105 Å². The van der Waals surface area contributed by atoms with Crippen molar-refractivity contribution in [1.29, 1.82) is 0 Å². The summed E-state index contributed by atoms with van der Waals surface area (Å²) in [4.78, 5) is 15.6. The zero-order valence-electron chi connectivity index (χ0n) is 10.2. The van der Waals surface area contributed by atoms with E-state index in [0.717, 1.165) is 12.1 Å². The smallest absolute Gasteiger partial charge is 0.257 e. The normalized spacial score (nSPS) is 10.6. The van der Waals surface area contributed by atoms with Crippen molar-refractivity contribution in [1.82, 2.24) is 14.7 Å². The van der Waals surface area contributed by atoms with Crippen LogP contribution in [-0.4, -0.2) is 35.5 Å². The quantitative estimate of drug-likeness (QED) is 0.778. The molecule has 0 aliphatic rings. The first-order chi connectivity index (χ1) is 8.74. The molecular formula is C12H16N4O2. The van der Waals surface area contributed by atoms with E-state index in [1.54, 1.807) is 13.1 Å². The van der Waals surface area contributed by atoms with Crippen LogP contribution in [-0.2, 0) is 11.2 Å². The maximum Gasteiger partial charge on any atom is 0.257 e. The number of nitrogens with zero attached hydrogens (tertiary/aromatic N) is 2. The monoisotopic (exact) mass is 248 g/mol. The van der Waals surface area contributed by atoms with E-state index in [0.29, 0.717) is 17.9 Å². The second-order valence-corrected chi connectivity index (χ2v) is 3.84. The van der Waals surface area contributed by atoms with E-state index in [-0.39, 0.29) is 12.5 Å². The first-order valence-electron chi connectivity index (χ1n) is 5.74. The Bertz CT molecular complexity index is 550. The van der Waals surface area contributed by atoms with Crippen LogP contribution in [0.5, 0.6) is 5.75 Å². The Morgan fingerprint density at radius 2 is 2.44 bits per heavy atom. The van der Waals surface area contributed by atoms with Gasteiger partial charge in [-0.05, 0) is 18.7 Å². The van der Waals surface area contributed by atoms with Crippen LogP contribution in [0.3, 0.4) is 0 Å². The summed E-state index contributed by atoms with van der Waals surface area (Å²) in [5.41, 5.74) is 7.11. The molecule has 2 aromatic heterocycles. The Morgan fingerprint density at radius 1 is 1.61 bits per heavy atom. The highest BCUT2D eigenvalue weighted by Crippen LogP contribution is 2.18. The van der Waals surface area contributed by atoms with Crippen molar-refractivity contribution in [2.24, 2.45) is 5.73 Å². The van der Waals surface area contributed by atoms with E-state index < -0.39 is 0 Å². The number of fused-ring (bicyclic) bond motifs is 1. The van der Waals surface area contributed by atoms with Gasteiger partial charge in [0.15, 0.2) is 18.0 Å². The second-order valence-electron chi connectivity index (χ2n) is 3.84. The van der Waals surface area contributed by atoms with Gasteiger partial charge in [0.1, 0.15) is 0 Å². The molecule has 2 rings (SSSR count). The molecule has 0 saturated heterocycles. The van der Waals surface area contributed by atoms with E-state index in [9.17, 15) is 4.79 Å². The number of carbonyl (C=O) groups excluding carboxylic acids is 1. The van der Waals surface area contributed by atoms with Gasteiger partial charge in [0, 0.05) is 25.9 Å². The molecule has 0 unspecified atom stereocenters. The maximum atomic E-state index is 11.1. The Balaban J connectivity index is 2.24. The van der Waals surface area contributed by atoms with Gasteiger partial charge in [-0.25, -0.2) is 4.98 Å². The van der Waals surface area contributed by atoms with Crippen LogP contribution in [0.2, 0.25) is 0 Å². The zero-order valence-corrected chi connectivity index (χ0v) is 10.2. The van der Waals surface area contributed by atoms with Gasteiger partial charge in [-0.2, -0.15) is 0 Å². The van der Waals surface area contributed by atoms with Crippen molar-refractivity contribution in [2.45, 2.75) is 6.42 Å². The Kier molecular flexibility index (Phi) is 3.78. The summed E-state index contributed by atoms with van der Waals surface area (Å²) < 4.78 is 7.30. The molecule has 2 aromatic rings. The van der Waals surface area contributed by atoms with Gasteiger partial charge in [-0.1, -0.05) is 0 Å². The van der Waals surface area contributed by atoms with E-state index >= 15 is 0 Å². The number of carbonyl (C=O) groups is 1. The van der Waals surface area contributed by atoms with Crippen molar-refractivity contribution in [3.63, 3.8) is 0 Å². The number of hydrogen-bond acceptors (Lipinski definition) is 4. The molecule has 6 nitrogen and oxygen atoms in total. The SMILES string of the molecule is CNC(=O)COc1cccn2cc(CCN)nc12. The number of likely N-dealkylation sites (N-methyl/N-ethyl adjacent to an activating group) is 1. The largest absolute Gasteiger partial charge is 0.480 e. The number of nitrogens with one attached hydrogen (secondary N) is 1. The lowest BCUT2D eigenvalue weighted by Gasteiger charge is -2.05. The zero-order chi connectivity index (χ0) is 13.0. The van der Waals surface area contributed by atoms with E-state index in [2.05, 4.69) is 10.3 Å². The summed E-state index contributed by atoms with van der Waals surface area (Å²) in [6, 6.07) is 3.64.